The van der Waals surface area contributed by atoms with E-state index in [1.807, 2.05) is 11.4 Å². The summed E-state index contributed by atoms with van der Waals surface area (Å²) in [6, 6.07) is 3.34. The SMILES string of the molecule is Cc1cc(Nc2ncnc3sccc23)c(=O)n2c1C(=O)NC21CCC(O)(C(F)(F)F)CC1. The van der Waals surface area contributed by atoms with E-state index >= 15 is 0 Å². The number of hydrogen-bond donors (Lipinski definition) is 3. The Balaban J connectivity index is 1.58. The van der Waals surface area contributed by atoms with E-state index in [2.05, 4.69) is 20.6 Å². The maximum absolute atomic E-state index is 13.5. The van der Waals surface area contributed by atoms with Crippen molar-refractivity contribution in [3.8, 4) is 0 Å². The zero-order valence-corrected chi connectivity index (χ0v) is 17.6. The Labute approximate surface area is 183 Å². The predicted molar refractivity (Wildman–Crippen MR) is 111 cm³/mol. The molecule has 1 saturated carbocycles. The first-order chi connectivity index (χ1) is 15.0. The number of carbonyl (C=O) groups excluding carboxylic acids is 1. The van der Waals surface area contributed by atoms with E-state index in [1.165, 1.54) is 28.3 Å². The van der Waals surface area contributed by atoms with Crippen molar-refractivity contribution in [2.75, 3.05) is 5.32 Å². The van der Waals surface area contributed by atoms with Crippen molar-refractivity contribution in [3.05, 3.63) is 45.5 Å². The van der Waals surface area contributed by atoms with Gasteiger partial charge in [0.1, 0.15) is 34.0 Å². The number of halogens is 3. The number of carbonyl (C=O) groups is 1. The molecular formula is C20H18F3N5O3S. The number of nitrogens with zero attached hydrogens (tertiary/aromatic N) is 3. The standard InChI is InChI=1S/C20H18F3N5O3S/c1-10-8-12(26-14-11-2-7-32-16(11)25-9-24-14)17(30)28-13(10)15(29)27-19(28)5-3-18(31,4-6-19)20(21,22)23/h2,7-9,31H,3-6H2,1H3,(H,27,29)(H,24,25,26). The van der Waals surface area contributed by atoms with Gasteiger partial charge in [0, 0.05) is 0 Å². The Hall–Kier alpha value is -2.99. The number of rotatable bonds is 2. The zero-order chi connectivity index (χ0) is 22.9. The molecule has 2 aliphatic rings. The predicted octanol–water partition coefficient (Wildman–Crippen LogP) is 3.17. The van der Waals surface area contributed by atoms with E-state index < -0.39 is 41.7 Å². The number of hydrogen-bond acceptors (Lipinski definition) is 7. The van der Waals surface area contributed by atoms with Gasteiger partial charge in [-0.05, 0) is 55.7 Å². The average molecular weight is 465 g/mol. The van der Waals surface area contributed by atoms with Crippen LogP contribution in [0.1, 0.15) is 41.7 Å². The Kier molecular flexibility index (Phi) is 4.41. The second kappa shape index (κ2) is 6.75. The first-order valence-electron chi connectivity index (χ1n) is 9.89. The van der Waals surface area contributed by atoms with E-state index in [0.29, 0.717) is 11.4 Å². The summed E-state index contributed by atoms with van der Waals surface area (Å²) in [7, 11) is 0. The topological polar surface area (TPSA) is 109 Å². The minimum atomic E-state index is -4.79. The van der Waals surface area contributed by atoms with Crippen LogP contribution >= 0.6 is 11.3 Å². The number of nitrogens with one attached hydrogen (secondary N) is 2. The summed E-state index contributed by atoms with van der Waals surface area (Å²) < 4.78 is 41.1. The number of aromatic nitrogens is 3. The molecule has 12 heteroatoms. The number of aliphatic hydroxyl groups is 1. The van der Waals surface area contributed by atoms with Crippen LogP contribution in [0.5, 0.6) is 0 Å². The van der Waals surface area contributed by atoms with E-state index in [4.69, 9.17) is 0 Å². The normalized spacial score (nSPS) is 25.2. The molecule has 1 aliphatic carbocycles. The molecule has 0 bridgehead atoms. The molecule has 0 aromatic carbocycles. The molecule has 0 radical (unpaired) electrons. The Morgan fingerprint density at radius 3 is 2.62 bits per heavy atom. The van der Waals surface area contributed by atoms with Crippen molar-refractivity contribution >= 4 is 39.0 Å². The van der Waals surface area contributed by atoms with Crippen LogP contribution in [0.15, 0.2) is 28.6 Å². The van der Waals surface area contributed by atoms with E-state index in [1.54, 1.807) is 6.92 Å². The molecule has 1 spiro atoms. The van der Waals surface area contributed by atoms with Crippen LogP contribution in [-0.2, 0) is 5.66 Å². The lowest BCUT2D eigenvalue weighted by Gasteiger charge is -2.43. The van der Waals surface area contributed by atoms with Gasteiger partial charge in [-0.25, -0.2) is 9.97 Å². The van der Waals surface area contributed by atoms with Crippen LogP contribution in [-0.4, -0.2) is 37.3 Å². The molecule has 8 nitrogen and oxygen atoms in total. The van der Waals surface area contributed by atoms with Crippen LogP contribution in [0.4, 0.5) is 24.7 Å². The lowest BCUT2D eigenvalue weighted by molar-refractivity contribution is -0.275. The van der Waals surface area contributed by atoms with Gasteiger partial charge in [0.15, 0.2) is 5.60 Å². The molecule has 168 valence electrons. The molecule has 3 aromatic heterocycles. The molecule has 3 aromatic rings. The number of pyridine rings is 1. The second-order valence-electron chi connectivity index (χ2n) is 8.23. The van der Waals surface area contributed by atoms with Gasteiger partial charge in [-0.2, -0.15) is 13.2 Å². The van der Waals surface area contributed by atoms with Gasteiger partial charge >= 0.3 is 6.18 Å². The van der Waals surface area contributed by atoms with Crippen LogP contribution in [0.25, 0.3) is 10.2 Å². The number of anilines is 2. The van der Waals surface area contributed by atoms with E-state index in [0.717, 1.165) is 10.2 Å². The lowest BCUT2D eigenvalue weighted by Crippen LogP contribution is -2.57. The van der Waals surface area contributed by atoms with Gasteiger partial charge in [-0.1, -0.05) is 0 Å². The smallest absolute Gasteiger partial charge is 0.380 e. The molecule has 32 heavy (non-hydrogen) atoms. The highest BCUT2D eigenvalue weighted by Crippen LogP contribution is 2.47. The van der Waals surface area contributed by atoms with Crippen molar-refractivity contribution in [3.63, 3.8) is 0 Å². The fourth-order valence-corrected chi connectivity index (χ4v) is 5.31. The summed E-state index contributed by atoms with van der Waals surface area (Å²) in [5.74, 6) is -0.111. The van der Waals surface area contributed by atoms with Crippen molar-refractivity contribution < 1.29 is 23.1 Å². The van der Waals surface area contributed by atoms with Crippen molar-refractivity contribution in [1.82, 2.24) is 19.9 Å². The molecule has 1 fully saturated rings. The number of amides is 1. The summed E-state index contributed by atoms with van der Waals surface area (Å²) in [5, 5.41) is 18.3. The largest absolute Gasteiger partial charge is 0.417 e. The van der Waals surface area contributed by atoms with Crippen LogP contribution in [0.2, 0.25) is 0 Å². The first kappa shape index (κ1) is 20.9. The number of aryl methyl sites for hydroxylation is 1. The first-order valence-corrected chi connectivity index (χ1v) is 10.8. The van der Waals surface area contributed by atoms with Crippen molar-refractivity contribution in [1.29, 1.82) is 0 Å². The van der Waals surface area contributed by atoms with Gasteiger partial charge in [-0.15, -0.1) is 11.3 Å². The highest BCUT2D eigenvalue weighted by Gasteiger charge is 2.59. The minimum Gasteiger partial charge on any atom is -0.380 e. The molecule has 3 N–H and O–H groups in total. The molecular weight excluding hydrogens is 447 g/mol. The van der Waals surface area contributed by atoms with Crippen molar-refractivity contribution in [2.24, 2.45) is 0 Å². The van der Waals surface area contributed by atoms with Gasteiger partial charge < -0.3 is 15.7 Å². The average Bonchev–Trinajstić information content (AvgIpc) is 3.31. The van der Waals surface area contributed by atoms with Crippen LogP contribution < -0.4 is 16.2 Å². The quantitative estimate of drug-likeness (QED) is 0.537. The maximum atomic E-state index is 13.5. The molecule has 1 amide bonds. The molecule has 0 unspecified atom stereocenters. The number of thiophene rings is 1. The Bertz CT molecular complexity index is 1310. The van der Waals surface area contributed by atoms with Crippen molar-refractivity contribution in [2.45, 2.75) is 50.0 Å². The third kappa shape index (κ3) is 2.93. The highest BCUT2D eigenvalue weighted by molar-refractivity contribution is 7.16. The Morgan fingerprint density at radius 2 is 1.94 bits per heavy atom. The summed E-state index contributed by atoms with van der Waals surface area (Å²) in [6.45, 7) is 1.66. The maximum Gasteiger partial charge on any atom is 0.417 e. The zero-order valence-electron chi connectivity index (χ0n) is 16.8. The summed E-state index contributed by atoms with van der Waals surface area (Å²) >= 11 is 1.41. The molecule has 0 saturated heterocycles. The third-order valence-electron chi connectivity index (χ3n) is 6.33. The highest BCUT2D eigenvalue weighted by atomic mass is 32.1. The molecule has 4 heterocycles. The van der Waals surface area contributed by atoms with Gasteiger partial charge in [0.2, 0.25) is 0 Å². The van der Waals surface area contributed by atoms with Gasteiger partial charge in [-0.3, -0.25) is 14.2 Å². The molecule has 1 aliphatic heterocycles. The van der Waals surface area contributed by atoms with Gasteiger partial charge in [0.25, 0.3) is 11.5 Å². The lowest BCUT2D eigenvalue weighted by atomic mass is 9.78. The Morgan fingerprint density at radius 1 is 1.22 bits per heavy atom. The monoisotopic (exact) mass is 465 g/mol. The second-order valence-corrected chi connectivity index (χ2v) is 9.13. The molecule has 5 rings (SSSR count). The fraction of sp³-hybridized carbons (Fsp3) is 0.400. The van der Waals surface area contributed by atoms with E-state index in [9.17, 15) is 27.9 Å². The summed E-state index contributed by atoms with van der Waals surface area (Å²) in [4.78, 5) is 35.2. The molecule has 0 atom stereocenters. The van der Waals surface area contributed by atoms with E-state index in [-0.39, 0.29) is 24.2 Å². The minimum absolute atomic E-state index is 0.112. The third-order valence-corrected chi connectivity index (χ3v) is 7.15. The summed E-state index contributed by atoms with van der Waals surface area (Å²) in [6.07, 6.45) is -5.13. The number of alkyl halides is 3. The van der Waals surface area contributed by atoms with Crippen LogP contribution in [0, 0.1) is 6.92 Å². The summed E-state index contributed by atoms with van der Waals surface area (Å²) in [5.41, 5.74) is -3.97. The van der Waals surface area contributed by atoms with Gasteiger partial charge in [0.05, 0.1) is 5.39 Å². The number of fused-ring (bicyclic) bond motifs is 3. The fourth-order valence-electron chi connectivity index (χ4n) is 4.58. The van der Waals surface area contributed by atoms with Crippen LogP contribution in [0.3, 0.4) is 0 Å².